The second-order valence-corrected chi connectivity index (χ2v) is 7.87. The van der Waals surface area contributed by atoms with Gasteiger partial charge >= 0.3 is 5.69 Å². The largest absolute Gasteiger partial charge is 0.377 e. The molecule has 0 spiro atoms. The number of nitrogens with one attached hydrogen (secondary N) is 1. The van der Waals surface area contributed by atoms with Gasteiger partial charge in [-0.25, -0.2) is 0 Å². The van der Waals surface area contributed by atoms with Gasteiger partial charge in [-0.05, 0) is 49.9 Å². The predicted octanol–water partition coefficient (Wildman–Crippen LogP) is 4.13. The van der Waals surface area contributed by atoms with Gasteiger partial charge in [0.05, 0.1) is 15.8 Å². The molecule has 0 atom stereocenters. The van der Waals surface area contributed by atoms with E-state index in [4.69, 9.17) is 0 Å². The van der Waals surface area contributed by atoms with Crippen molar-refractivity contribution < 1.29 is 9.72 Å². The van der Waals surface area contributed by atoms with Crippen LogP contribution in [0, 0.1) is 16.0 Å². The van der Waals surface area contributed by atoms with Gasteiger partial charge in [0.15, 0.2) is 0 Å². The van der Waals surface area contributed by atoms with Crippen molar-refractivity contribution in [3.05, 3.63) is 40.6 Å². The molecule has 1 aliphatic carbocycles. The number of pyridine rings is 1. The zero-order valence-corrected chi connectivity index (χ0v) is 16.0. The van der Waals surface area contributed by atoms with Gasteiger partial charge in [-0.3, -0.25) is 19.9 Å². The highest BCUT2D eigenvalue weighted by atomic mass is 16.6. The van der Waals surface area contributed by atoms with E-state index < -0.39 is 0 Å². The zero-order chi connectivity index (χ0) is 19.5. The average Bonchev–Trinajstić information content (AvgIpc) is 2.74. The summed E-state index contributed by atoms with van der Waals surface area (Å²) in [7, 11) is 0. The van der Waals surface area contributed by atoms with Crippen molar-refractivity contribution in [2.45, 2.75) is 51.0 Å². The van der Waals surface area contributed by atoms with Crippen LogP contribution in [0.15, 0.2) is 30.5 Å². The number of carbonyl (C=O) groups is 1. The quantitative estimate of drug-likeness (QED) is 0.634. The number of amides is 1. The standard InChI is InChI=1S/C21H26N4O3/c26-21(15-5-2-1-3-6-15)24-13-10-16(11-14-24)23-19-9-8-18-17(7-4-12-22-18)20(19)25(27)28/h4,7-9,12,15-16,23H,1-3,5-6,10-11,13-14H2. The molecule has 2 aliphatic rings. The molecule has 7 nitrogen and oxygen atoms in total. The van der Waals surface area contributed by atoms with Gasteiger partial charge < -0.3 is 10.2 Å². The number of rotatable bonds is 4. The van der Waals surface area contributed by atoms with Crippen molar-refractivity contribution in [1.29, 1.82) is 0 Å². The van der Waals surface area contributed by atoms with Crippen LogP contribution in [0.25, 0.3) is 10.9 Å². The normalized spacial score (nSPS) is 18.9. The smallest absolute Gasteiger partial charge is 0.301 e. The Hall–Kier alpha value is -2.70. The molecule has 0 radical (unpaired) electrons. The molecular formula is C21H26N4O3. The number of nitro groups is 1. The van der Waals surface area contributed by atoms with E-state index in [0.717, 1.165) is 51.6 Å². The first-order valence-corrected chi connectivity index (χ1v) is 10.2. The Bertz CT molecular complexity index is 871. The average molecular weight is 382 g/mol. The second kappa shape index (κ2) is 8.12. The van der Waals surface area contributed by atoms with Crippen LogP contribution in [0.1, 0.15) is 44.9 Å². The molecule has 1 saturated carbocycles. The summed E-state index contributed by atoms with van der Waals surface area (Å²) in [6.07, 6.45) is 8.86. The Morgan fingerprint density at radius 2 is 1.86 bits per heavy atom. The highest BCUT2D eigenvalue weighted by molar-refractivity contribution is 5.94. The fraction of sp³-hybridized carbons (Fsp3) is 0.524. The van der Waals surface area contributed by atoms with E-state index in [0.29, 0.717) is 22.5 Å². The third-order valence-corrected chi connectivity index (χ3v) is 6.06. The topological polar surface area (TPSA) is 88.4 Å². The molecule has 4 rings (SSSR count). The molecular weight excluding hydrogens is 356 g/mol. The van der Waals surface area contributed by atoms with Crippen LogP contribution in [0.5, 0.6) is 0 Å². The van der Waals surface area contributed by atoms with Crippen molar-refractivity contribution >= 4 is 28.2 Å². The molecule has 0 bridgehead atoms. The number of benzene rings is 1. The Balaban J connectivity index is 1.43. The van der Waals surface area contributed by atoms with E-state index >= 15 is 0 Å². The SMILES string of the molecule is O=C(C1CCCCC1)N1CCC(Nc2ccc3ncccc3c2[N+](=O)[O-])CC1. The van der Waals surface area contributed by atoms with Crippen LogP contribution < -0.4 is 5.32 Å². The number of hydrogen-bond donors (Lipinski definition) is 1. The molecule has 2 heterocycles. The minimum absolute atomic E-state index is 0.0753. The van der Waals surface area contributed by atoms with E-state index in [2.05, 4.69) is 10.3 Å². The van der Waals surface area contributed by atoms with E-state index in [1.807, 2.05) is 11.0 Å². The van der Waals surface area contributed by atoms with Crippen molar-refractivity contribution in [3.8, 4) is 0 Å². The molecule has 1 amide bonds. The monoisotopic (exact) mass is 382 g/mol. The molecule has 28 heavy (non-hydrogen) atoms. The molecule has 7 heteroatoms. The summed E-state index contributed by atoms with van der Waals surface area (Å²) in [4.78, 5) is 30.3. The van der Waals surface area contributed by atoms with Crippen LogP contribution in [0.3, 0.4) is 0 Å². The number of fused-ring (bicyclic) bond motifs is 1. The van der Waals surface area contributed by atoms with Crippen LogP contribution in [-0.2, 0) is 4.79 Å². The first kappa shape index (κ1) is 18.7. The van der Waals surface area contributed by atoms with Gasteiger partial charge in [0.2, 0.25) is 5.91 Å². The van der Waals surface area contributed by atoms with Crippen LogP contribution >= 0.6 is 0 Å². The predicted molar refractivity (Wildman–Crippen MR) is 108 cm³/mol. The number of hydrogen-bond acceptors (Lipinski definition) is 5. The summed E-state index contributed by atoms with van der Waals surface area (Å²) in [5, 5.41) is 15.6. The van der Waals surface area contributed by atoms with Crippen LogP contribution in [-0.4, -0.2) is 39.8 Å². The first-order valence-electron chi connectivity index (χ1n) is 10.2. The van der Waals surface area contributed by atoms with Gasteiger partial charge in [-0.2, -0.15) is 0 Å². The van der Waals surface area contributed by atoms with Crippen molar-refractivity contribution in [2.24, 2.45) is 5.92 Å². The third-order valence-electron chi connectivity index (χ3n) is 6.06. The fourth-order valence-corrected chi connectivity index (χ4v) is 4.52. The van der Waals surface area contributed by atoms with Gasteiger partial charge in [0.25, 0.3) is 0 Å². The first-order chi connectivity index (χ1) is 13.6. The summed E-state index contributed by atoms with van der Waals surface area (Å²) in [5.41, 5.74) is 1.22. The maximum absolute atomic E-state index is 12.7. The molecule has 148 valence electrons. The second-order valence-electron chi connectivity index (χ2n) is 7.87. The fourth-order valence-electron chi connectivity index (χ4n) is 4.52. The molecule has 1 saturated heterocycles. The Morgan fingerprint density at radius 3 is 2.57 bits per heavy atom. The van der Waals surface area contributed by atoms with Crippen LogP contribution in [0.2, 0.25) is 0 Å². The summed E-state index contributed by atoms with van der Waals surface area (Å²) in [5.74, 6) is 0.508. The van der Waals surface area contributed by atoms with E-state index in [-0.39, 0.29) is 22.6 Å². The third kappa shape index (κ3) is 3.79. The maximum atomic E-state index is 12.7. The lowest BCUT2D eigenvalue weighted by molar-refractivity contribution is -0.382. The van der Waals surface area contributed by atoms with Gasteiger partial charge in [-0.15, -0.1) is 0 Å². The molecule has 2 fully saturated rings. The van der Waals surface area contributed by atoms with E-state index in [9.17, 15) is 14.9 Å². The van der Waals surface area contributed by atoms with Crippen molar-refractivity contribution in [1.82, 2.24) is 9.88 Å². The minimum Gasteiger partial charge on any atom is -0.377 e. The van der Waals surface area contributed by atoms with Crippen molar-refractivity contribution in [3.63, 3.8) is 0 Å². The Kier molecular flexibility index (Phi) is 5.41. The Morgan fingerprint density at radius 1 is 1.11 bits per heavy atom. The number of carbonyl (C=O) groups excluding carboxylic acids is 1. The number of nitro benzene ring substituents is 1. The van der Waals surface area contributed by atoms with Gasteiger partial charge in [0, 0.05) is 31.2 Å². The number of likely N-dealkylation sites (tertiary alicyclic amines) is 1. The summed E-state index contributed by atoms with van der Waals surface area (Å²) in [6.45, 7) is 1.44. The zero-order valence-electron chi connectivity index (χ0n) is 16.0. The number of piperidine rings is 1. The highest BCUT2D eigenvalue weighted by Gasteiger charge is 2.30. The van der Waals surface area contributed by atoms with E-state index in [1.54, 1.807) is 24.4 Å². The van der Waals surface area contributed by atoms with E-state index in [1.165, 1.54) is 6.42 Å². The maximum Gasteiger partial charge on any atom is 0.301 e. The number of nitrogens with zero attached hydrogens (tertiary/aromatic N) is 3. The lowest BCUT2D eigenvalue weighted by atomic mass is 9.87. The lowest BCUT2D eigenvalue weighted by Gasteiger charge is -2.35. The summed E-state index contributed by atoms with van der Waals surface area (Å²) < 4.78 is 0. The molecule has 1 aliphatic heterocycles. The molecule has 2 aromatic rings. The molecule has 1 aromatic carbocycles. The number of anilines is 1. The molecule has 1 aromatic heterocycles. The van der Waals surface area contributed by atoms with Gasteiger partial charge in [0.1, 0.15) is 5.69 Å². The summed E-state index contributed by atoms with van der Waals surface area (Å²) >= 11 is 0. The molecule has 1 N–H and O–H groups in total. The van der Waals surface area contributed by atoms with Crippen LogP contribution in [0.4, 0.5) is 11.4 Å². The number of aromatic nitrogens is 1. The van der Waals surface area contributed by atoms with Gasteiger partial charge in [-0.1, -0.05) is 19.3 Å². The minimum atomic E-state index is -0.339. The lowest BCUT2D eigenvalue weighted by Crippen LogP contribution is -2.45. The summed E-state index contributed by atoms with van der Waals surface area (Å²) in [6, 6.07) is 7.13. The van der Waals surface area contributed by atoms with Crippen molar-refractivity contribution in [2.75, 3.05) is 18.4 Å². The Labute approximate surface area is 164 Å². The highest BCUT2D eigenvalue weighted by Crippen LogP contribution is 2.34. The molecule has 0 unspecified atom stereocenters.